The lowest BCUT2D eigenvalue weighted by Crippen LogP contribution is -2.37. The van der Waals surface area contributed by atoms with E-state index in [4.69, 9.17) is 4.74 Å². The number of nitrogens with one attached hydrogen (secondary N) is 2. The van der Waals surface area contributed by atoms with Crippen LogP contribution in [-0.4, -0.2) is 37.6 Å². The molecule has 3 unspecified atom stereocenters. The molecule has 0 aromatic heterocycles. The number of amides is 2. The lowest BCUT2D eigenvalue weighted by atomic mass is 9.88. The highest BCUT2D eigenvalue weighted by atomic mass is 16.5. The quantitative estimate of drug-likeness (QED) is 0.698. The highest BCUT2D eigenvalue weighted by Gasteiger charge is 2.44. The summed E-state index contributed by atoms with van der Waals surface area (Å²) in [6.07, 6.45) is 3.68. The first-order chi connectivity index (χ1) is 7.70. The van der Waals surface area contributed by atoms with Gasteiger partial charge < -0.3 is 15.4 Å². The van der Waals surface area contributed by atoms with Crippen LogP contribution in [0, 0.1) is 5.92 Å². The second-order valence-electron chi connectivity index (χ2n) is 4.43. The van der Waals surface area contributed by atoms with Gasteiger partial charge in [0.2, 0.25) is 11.8 Å². The second-order valence-corrected chi connectivity index (χ2v) is 4.43. The summed E-state index contributed by atoms with van der Waals surface area (Å²) >= 11 is 0. The Morgan fingerprint density at radius 2 is 2.19 bits per heavy atom. The molecule has 5 nitrogen and oxygen atoms in total. The Morgan fingerprint density at radius 1 is 1.38 bits per heavy atom. The minimum atomic E-state index is -0.0514. The molecule has 2 saturated heterocycles. The first-order valence-electron chi connectivity index (χ1n) is 5.84. The summed E-state index contributed by atoms with van der Waals surface area (Å²) in [5.74, 6) is -0.0102. The van der Waals surface area contributed by atoms with Gasteiger partial charge >= 0.3 is 0 Å². The number of rotatable bonds is 4. The SMILES string of the molecule is CNC(=O)CCNC(=O)C1CC2CCC1O2. The van der Waals surface area contributed by atoms with Crippen LogP contribution in [0.15, 0.2) is 0 Å². The molecule has 90 valence electrons. The molecule has 2 N–H and O–H groups in total. The van der Waals surface area contributed by atoms with Gasteiger partial charge in [0.25, 0.3) is 0 Å². The summed E-state index contributed by atoms with van der Waals surface area (Å²) in [6, 6.07) is 0. The largest absolute Gasteiger partial charge is 0.374 e. The lowest BCUT2D eigenvalue weighted by Gasteiger charge is -2.17. The van der Waals surface area contributed by atoms with Gasteiger partial charge in [0.05, 0.1) is 18.1 Å². The van der Waals surface area contributed by atoms with Crippen molar-refractivity contribution in [3.63, 3.8) is 0 Å². The number of hydrogen-bond acceptors (Lipinski definition) is 3. The third-order valence-corrected chi connectivity index (χ3v) is 3.37. The Kier molecular flexibility index (Phi) is 3.43. The van der Waals surface area contributed by atoms with Gasteiger partial charge in [0, 0.05) is 20.0 Å². The summed E-state index contributed by atoms with van der Waals surface area (Å²) in [5.41, 5.74) is 0. The van der Waals surface area contributed by atoms with Crippen molar-refractivity contribution in [3.8, 4) is 0 Å². The molecule has 16 heavy (non-hydrogen) atoms. The average Bonchev–Trinajstić information content (AvgIpc) is 2.90. The van der Waals surface area contributed by atoms with Gasteiger partial charge in [-0.25, -0.2) is 0 Å². The van der Waals surface area contributed by atoms with E-state index < -0.39 is 0 Å². The maximum Gasteiger partial charge on any atom is 0.225 e. The average molecular weight is 226 g/mol. The van der Waals surface area contributed by atoms with Gasteiger partial charge in [0.15, 0.2) is 0 Å². The van der Waals surface area contributed by atoms with E-state index in [1.807, 2.05) is 0 Å². The van der Waals surface area contributed by atoms with E-state index in [1.54, 1.807) is 7.05 Å². The molecule has 2 aliphatic rings. The Hall–Kier alpha value is -1.10. The Morgan fingerprint density at radius 3 is 2.75 bits per heavy atom. The minimum Gasteiger partial charge on any atom is -0.374 e. The van der Waals surface area contributed by atoms with Crippen LogP contribution in [0.5, 0.6) is 0 Å². The number of fused-ring (bicyclic) bond motifs is 2. The molecule has 0 aliphatic carbocycles. The van der Waals surface area contributed by atoms with E-state index in [2.05, 4.69) is 10.6 Å². The predicted octanol–water partition coefficient (Wildman–Crippen LogP) is -0.194. The standard InChI is InChI=1S/C11H18N2O3/c1-12-10(14)4-5-13-11(15)8-6-7-2-3-9(8)16-7/h7-9H,2-6H2,1H3,(H,12,14)(H,13,15). The van der Waals surface area contributed by atoms with Crippen LogP contribution in [0.1, 0.15) is 25.7 Å². The van der Waals surface area contributed by atoms with Gasteiger partial charge in [-0.05, 0) is 19.3 Å². The van der Waals surface area contributed by atoms with Gasteiger partial charge in [-0.15, -0.1) is 0 Å². The molecule has 0 saturated carbocycles. The van der Waals surface area contributed by atoms with E-state index in [0.29, 0.717) is 19.1 Å². The maximum atomic E-state index is 11.8. The van der Waals surface area contributed by atoms with E-state index in [0.717, 1.165) is 19.3 Å². The van der Waals surface area contributed by atoms with E-state index >= 15 is 0 Å². The third-order valence-electron chi connectivity index (χ3n) is 3.37. The highest BCUT2D eigenvalue weighted by Crippen LogP contribution is 2.38. The zero-order chi connectivity index (χ0) is 11.5. The summed E-state index contributed by atoms with van der Waals surface area (Å²) in [7, 11) is 1.59. The first-order valence-corrected chi connectivity index (χ1v) is 5.84. The molecule has 0 radical (unpaired) electrons. The van der Waals surface area contributed by atoms with Crippen molar-refractivity contribution >= 4 is 11.8 Å². The van der Waals surface area contributed by atoms with Gasteiger partial charge in [0.1, 0.15) is 0 Å². The molecule has 2 amide bonds. The predicted molar refractivity (Wildman–Crippen MR) is 57.7 cm³/mol. The number of carbonyl (C=O) groups is 2. The molecule has 2 fully saturated rings. The molecule has 2 aliphatic heterocycles. The van der Waals surface area contributed by atoms with Crippen molar-refractivity contribution in [2.24, 2.45) is 5.92 Å². The lowest BCUT2D eigenvalue weighted by molar-refractivity contribution is -0.126. The Bertz CT molecular complexity index is 293. The molecule has 3 atom stereocenters. The van der Waals surface area contributed by atoms with Crippen molar-refractivity contribution in [2.45, 2.75) is 37.9 Å². The molecule has 2 bridgehead atoms. The fourth-order valence-electron chi connectivity index (χ4n) is 2.47. The van der Waals surface area contributed by atoms with Crippen molar-refractivity contribution < 1.29 is 14.3 Å². The summed E-state index contributed by atoms with van der Waals surface area (Å²) in [5, 5.41) is 5.32. The van der Waals surface area contributed by atoms with Gasteiger partial charge in [-0.3, -0.25) is 9.59 Å². The van der Waals surface area contributed by atoms with Crippen LogP contribution in [0.4, 0.5) is 0 Å². The monoisotopic (exact) mass is 226 g/mol. The maximum absolute atomic E-state index is 11.8. The fourth-order valence-corrected chi connectivity index (χ4v) is 2.47. The Balaban J connectivity index is 1.70. The molecule has 2 rings (SSSR count). The molecule has 2 heterocycles. The van der Waals surface area contributed by atoms with Crippen LogP contribution in [0.3, 0.4) is 0 Å². The molecule has 0 spiro atoms. The summed E-state index contributed by atoms with van der Waals surface area (Å²) in [6.45, 7) is 0.409. The zero-order valence-corrected chi connectivity index (χ0v) is 9.49. The van der Waals surface area contributed by atoms with Gasteiger partial charge in [-0.2, -0.15) is 0 Å². The zero-order valence-electron chi connectivity index (χ0n) is 9.49. The normalized spacial score (nSPS) is 31.4. The molecular weight excluding hydrogens is 208 g/mol. The first kappa shape index (κ1) is 11.4. The molecule has 0 aromatic rings. The Labute approximate surface area is 94.9 Å². The minimum absolute atomic E-state index is 0.00318. The topological polar surface area (TPSA) is 67.4 Å². The molecular formula is C11H18N2O3. The van der Waals surface area contributed by atoms with Crippen LogP contribution >= 0.6 is 0 Å². The number of carbonyl (C=O) groups excluding carboxylic acids is 2. The van der Waals surface area contributed by atoms with Crippen molar-refractivity contribution in [1.82, 2.24) is 10.6 Å². The molecule has 5 heteroatoms. The van der Waals surface area contributed by atoms with Crippen molar-refractivity contribution in [1.29, 1.82) is 0 Å². The smallest absolute Gasteiger partial charge is 0.225 e. The van der Waals surface area contributed by atoms with Crippen LogP contribution in [-0.2, 0) is 14.3 Å². The van der Waals surface area contributed by atoms with Gasteiger partial charge in [-0.1, -0.05) is 0 Å². The summed E-state index contributed by atoms with van der Waals surface area (Å²) in [4.78, 5) is 22.7. The van der Waals surface area contributed by atoms with Crippen LogP contribution in [0.25, 0.3) is 0 Å². The van der Waals surface area contributed by atoms with E-state index in [9.17, 15) is 9.59 Å². The number of ether oxygens (including phenoxy) is 1. The fraction of sp³-hybridized carbons (Fsp3) is 0.818. The van der Waals surface area contributed by atoms with Crippen LogP contribution in [0.2, 0.25) is 0 Å². The van der Waals surface area contributed by atoms with E-state index in [1.165, 1.54) is 0 Å². The molecule has 0 aromatic carbocycles. The van der Waals surface area contributed by atoms with Crippen molar-refractivity contribution in [3.05, 3.63) is 0 Å². The van der Waals surface area contributed by atoms with Crippen LogP contribution < -0.4 is 10.6 Å². The van der Waals surface area contributed by atoms with E-state index in [-0.39, 0.29) is 23.8 Å². The summed E-state index contributed by atoms with van der Waals surface area (Å²) < 4.78 is 5.61. The third kappa shape index (κ3) is 2.35. The second kappa shape index (κ2) is 4.82. The van der Waals surface area contributed by atoms with Crippen molar-refractivity contribution in [2.75, 3.05) is 13.6 Å². The highest BCUT2D eigenvalue weighted by molar-refractivity contribution is 5.81. The number of hydrogen-bond donors (Lipinski definition) is 2.